The molecule has 0 fully saturated rings. The Morgan fingerprint density at radius 3 is 2.62 bits per heavy atom. The summed E-state index contributed by atoms with van der Waals surface area (Å²) in [7, 11) is 1.53. The summed E-state index contributed by atoms with van der Waals surface area (Å²) in [5.74, 6) is -0.841. The molecule has 1 heterocycles. The quantitative estimate of drug-likeness (QED) is 0.474. The lowest BCUT2D eigenvalue weighted by Crippen LogP contribution is -2.35. The van der Waals surface area contributed by atoms with Gasteiger partial charge in [0.1, 0.15) is 0 Å². The average Bonchev–Trinajstić information content (AvgIpc) is 3.20. The van der Waals surface area contributed by atoms with Gasteiger partial charge in [-0.05, 0) is 29.8 Å². The molecular formula is C20H21N3O6. The third-order valence-corrected chi connectivity index (χ3v) is 4.11. The number of rotatable bonds is 7. The first kappa shape index (κ1) is 20.2. The average molecular weight is 399 g/mol. The molecular weight excluding hydrogens is 378 g/mol. The van der Waals surface area contributed by atoms with Crippen molar-refractivity contribution >= 4 is 23.4 Å². The summed E-state index contributed by atoms with van der Waals surface area (Å²) >= 11 is 0. The summed E-state index contributed by atoms with van der Waals surface area (Å²) in [5.41, 5.74) is 1.25. The van der Waals surface area contributed by atoms with Gasteiger partial charge in [-0.1, -0.05) is 18.2 Å². The van der Waals surface area contributed by atoms with Gasteiger partial charge in [0.25, 0.3) is 5.91 Å². The van der Waals surface area contributed by atoms with Gasteiger partial charge in [-0.2, -0.15) is 0 Å². The second-order valence-corrected chi connectivity index (χ2v) is 6.12. The van der Waals surface area contributed by atoms with Gasteiger partial charge in [0, 0.05) is 20.2 Å². The Labute approximate surface area is 167 Å². The molecule has 0 spiro atoms. The van der Waals surface area contributed by atoms with E-state index in [-0.39, 0.29) is 30.5 Å². The van der Waals surface area contributed by atoms with Crippen LogP contribution in [0.4, 0.5) is 5.69 Å². The second-order valence-electron chi connectivity index (χ2n) is 6.12. The maximum atomic E-state index is 12.3. The van der Waals surface area contributed by atoms with E-state index in [2.05, 4.69) is 16.0 Å². The van der Waals surface area contributed by atoms with E-state index in [0.29, 0.717) is 24.7 Å². The Bertz CT molecular complexity index is 915. The van der Waals surface area contributed by atoms with Crippen LogP contribution in [-0.2, 0) is 20.9 Å². The molecule has 3 N–H and O–H groups in total. The molecule has 9 nitrogen and oxygen atoms in total. The molecule has 0 unspecified atom stereocenters. The summed E-state index contributed by atoms with van der Waals surface area (Å²) in [4.78, 5) is 36.6. The minimum absolute atomic E-state index is 0.141. The largest absolute Gasteiger partial charge is 0.454 e. The van der Waals surface area contributed by atoms with Crippen molar-refractivity contribution < 1.29 is 28.6 Å². The van der Waals surface area contributed by atoms with Crippen molar-refractivity contribution in [3.05, 3.63) is 53.6 Å². The molecule has 9 heteroatoms. The predicted molar refractivity (Wildman–Crippen MR) is 104 cm³/mol. The zero-order valence-corrected chi connectivity index (χ0v) is 15.8. The van der Waals surface area contributed by atoms with Crippen LogP contribution < -0.4 is 25.4 Å². The summed E-state index contributed by atoms with van der Waals surface area (Å²) < 4.78 is 15.4. The molecule has 29 heavy (non-hydrogen) atoms. The first-order valence-electron chi connectivity index (χ1n) is 8.92. The number of carbonyl (C=O) groups is 3. The fraction of sp³-hybridized carbons (Fsp3) is 0.250. The first-order valence-corrected chi connectivity index (χ1v) is 8.92. The number of para-hydroxylation sites is 1. The molecule has 0 bridgehead atoms. The van der Waals surface area contributed by atoms with Crippen LogP contribution in [0.25, 0.3) is 0 Å². The summed E-state index contributed by atoms with van der Waals surface area (Å²) in [6.07, 6.45) is 0. The SMILES string of the molecule is COCCNC(=O)c1ccccc1NC(=O)C(=O)NCc1ccc2c(c1)OCO2. The van der Waals surface area contributed by atoms with Crippen molar-refractivity contribution in [1.82, 2.24) is 10.6 Å². The number of amides is 3. The van der Waals surface area contributed by atoms with Gasteiger partial charge in [-0.25, -0.2) is 0 Å². The van der Waals surface area contributed by atoms with Gasteiger partial charge in [-0.3, -0.25) is 14.4 Å². The van der Waals surface area contributed by atoms with E-state index in [9.17, 15) is 14.4 Å². The number of anilines is 1. The normalized spacial score (nSPS) is 11.6. The van der Waals surface area contributed by atoms with E-state index in [1.165, 1.54) is 7.11 Å². The predicted octanol–water partition coefficient (Wildman–Crippen LogP) is 1.05. The molecule has 2 aromatic rings. The van der Waals surface area contributed by atoms with Crippen LogP contribution in [0.15, 0.2) is 42.5 Å². The van der Waals surface area contributed by atoms with E-state index in [4.69, 9.17) is 14.2 Å². The van der Waals surface area contributed by atoms with Crippen molar-refractivity contribution in [3.8, 4) is 11.5 Å². The number of ether oxygens (including phenoxy) is 3. The molecule has 0 atom stereocenters. The lowest BCUT2D eigenvalue weighted by molar-refractivity contribution is -0.136. The molecule has 2 aromatic carbocycles. The highest BCUT2D eigenvalue weighted by atomic mass is 16.7. The molecule has 0 saturated carbocycles. The molecule has 3 amide bonds. The Kier molecular flexibility index (Phi) is 6.64. The van der Waals surface area contributed by atoms with Crippen LogP contribution in [0.3, 0.4) is 0 Å². The zero-order chi connectivity index (χ0) is 20.6. The Morgan fingerprint density at radius 1 is 1.00 bits per heavy atom. The summed E-state index contributed by atoms with van der Waals surface area (Å²) in [6.45, 7) is 0.990. The lowest BCUT2D eigenvalue weighted by atomic mass is 10.1. The Morgan fingerprint density at radius 2 is 1.79 bits per heavy atom. The van der Waals surface area contributed by atoms with E-state index >= 15 is 0 Å². The standard InChI is InChI=1S/C20H21N3O6/c1-27-9-8-21-18(24)14-4-2-3-5-15(14)23-20(26)19(25)22-11-13-6-7-16-17(10-13)29-12-28-16/h2-7,10H,8-9,11-12H2,1H3,(H,21,24)(H,22,25)(H,23,26). The minimum Gasteiger partial charge on any atom is -0.454 e. The fourth-order valence-electron chi connectivity index (χ4n) is 2.64. The number of methoxy groups -OCH3 is 1. The number of hydrogen-bond acceptors (Lipinski definition) is 6. The minimum atomic E-state index is -0.872. The van der Waals surface area contributed by atoms with Gasteiger partial charge in [0.15, 0.2) is 11.5 Å². The molecule has 0 radical (unpaired) electrons. The van der Waals surface area contributed by atoms with Gasteiger partial charge in [-0.15, -0.1) is 0 Å². The van der Waals surface area contributed by atoms with Crippen LogP contribution in [0.5, 0.6) is 11.5 Å². The molecule has 1 aliphatic rings. The van der Waals surface area contributed by atoms with Crippen molar-refractivity contribution in [2.45, 2.75) is 6.54 Å². The number of benzene rings is 2. The van der Waals surface area contributed by atoms with Crippen LogP contribution >= 0.6 is 0 Å². The second kappa shape index (κ2) is 9.56. The summed E-state index contributed by atoms with van der Waals surface area (Å²) in [6, 6.07) is 11.7. The van der Waals surface area contributed by atoms with Gasteiger partial charge >= 0.3 is 11.8 Å². The monoisotopic (exact) mass is 399 g/mol. The Balaban J connectivity index is 1.57. The van der Waals surface area contributed by atoms with Crippen LogP contribution in [0, 0.1) is 0 Å². The third kappa shape index (κ3) is 5.23. The number of carbonyl (C=O) groups excluding carboxylic acids is 3. The van der Waals surface area contributed by atoms with E-state index in [0.717, 1.165) is 5.56 Å². The van der Waals surface area contributed by atoms with Crippen molar-refractivity contribution in [1.29, 1.82) is 0 Å². The third-order valence-electron chi connectivity index (χ3n) is 4.11. The van der Waals surface area contributed by atoms with E-state index < -0.39 is 11.8 Å². The van der Waals surface area contributed by atoms with Crippen molar-refractivity contribution in [2.24, 2.45) is 0 Å². The highest BCUT2D eigenvalue weighted by Crippen LogP contribution is 2.32. The van der Waals surface area contributed by atoms with E-state index in [1.54, 1.807) is 42.5 Å². The highest BCUT2D eigenvalue weighted by Gasteiger charge is 2.18. The Hall–Kier alpha value is -3.59. The van der Waals surface area contributed by atoms with Gasteiger partial charge < -0.3 is 30.2 Å². The number of fused-ring (bicyclic) bond motifs is 1. The van der Waals surface area contributed by atoms with Crippen LogP contribution in [0.1, 0.15) is 15.9 Å². The smallest absolute Gasteiger partial charge is 0.313 e. The van der Waals surface area contributed by atoms with Crippen molar-refractivity contribution in [2.75, 3.05) is 32.4 Å². The molecule has 0 aromatic heterocycles. The summed E-state index contributed by atoms with van der Waals surface area (Å²) in [5, 5.41) is 7.68. The molecule has 0 aliphatic carbocycles. The molecule has 3 rings (SSSR count). The number of hydrogen-bond donors (Lipinski definition) is 3. The lowest BCUT2D eigenvalue weighted by Gasteiger charge is -2.11. The maximum Gasteiger partial charge on any atom is 0.313 e. The van der Waals surface area contributed by atoms with Crippen LogP contribution in [0.2, 0.25) is 0 Å². The van der Waals surface area contributed by atoms with Crippen molar-refractivity contribution in [3.63, 3.8) is 0 Å². The molecule has 152 valence electrons. The maximum absolute atomic E-state index is 12.3. The topological polar surface area (TPSA) is 115 Å². The van der Waals surface area contributed by atoms with Gasteiger partial charge in [0.2, 0.25) is 6.79 Å². The first-order chi connectivity index (χ1) is 14.1. The highest BCUT2D eigenvalue weighted by molar-refractivity contribution is 6.40. The number of nitrogens with one attached hydrogen (secondary N) is 3. The molecule has 1 aliphatic heterocycles. The molecule has 0 saturated heterocycles. The zero-order valence-electron chi connectivity index (χ0n) is 15.8. The van der Waals surface area contributed by atoms with E-state index in [1.807, 2.05) is 0 Å². The van der Waals surface area contributed by atoms with Gasteiger partial charge in [0.05, 0.1) is 17.9 Å². The van der Waals surface area contributed by atoms with Crippen LogP contribution in [-0.4, -0.2) is 44.8 Å². The fourth-order valence-corrected chi connectivity index (χ4v) is 2.64.